The van der Waals surface area contributed by atoms with Crippen molar-refractivity contribution in [3.63, 3.8) is 0 Å². The first-order valence-electron chi connectivity index (χ1n) is 9.32. The van der Waals surface area contributed by atoms with E-state index in [9.17, 15) is 13.2 Å². The van der Waals surface area contributed by atoms with Gasteiger partial charge >= 0.3 is 0 Å². The summed E-state index contributed by atoms with van der Waals surface area (Å²) >= 11 is 0. The van der Waals surface area contributed by atoms with E-state index < -0.39 is 16.1 Å². The van der Waals surface area contributed by atoms with Crippen LogP contribution in [-0.4, -0.2) is 33.7 Å². The normalized spacial score (nSPS) is 13.4. The van der Waals surface area contributed by atoms with E-state index in [1.54, 1.807) is 24.3 Å². The minimum atomic E-state index is -3.32. The molecule has 2 aromatic carbocycles. The maximum atomic E-state index is 12.7. The summed E-state index contributed by atoms with van der Waals surface area (Å²) in [6.45, 7) is 3.91. The smallest absolute Gasteiger partial charge is 0.261 e. The zero-order valence-corrected chi connectivity index (χ0v) is 17.6. The summed E-state index contributed by atoms with van der Waals surface area (Å²) in [5, 5.41) is 3.05. The first kappa shape index (κ1) is 21.8. The lowest BCUT2D eigenvalue weighted by Crippen LogP contribution is -2.39. The molecule has 0 saturated carbocycles. The predicted octanol–water partition coefficient (Wildman–Crippen LogP) is 3.51. The molecule has 0 fully saturated rings. The van der Waals surface area contributed by atoms with Gasteiger partial charge in [-0.3, -0.25) is 9.10 Å². The molecule has 2 rings (SSSR count). The van der Waals surface area contributed by atoms with Crippen molar-refractivity contribution in [2.24, 2.45) is 0 Å². The number of rotatable bonds is 9. The molecular weight excluding hydrogens is 376 g/mol. The summed E-state index contributed by atoms with van der Waals surface area (Å²) in [7, 11) is -1.84. The largest absolute Gasteiger partial charge is 0.481 e. The summed E-state index contributed by atoms with van der Waals surface area (Å²) in [6.07, 6.45) is 1.81. The van der Waals surface area contributed by atoms with Crippen LogP contribution in [0.4, 0.5) is 5.69 Å². The Balaban J connectivity index is 2.05. The Morgan fingerprint density at radius 3 is 2.14 bits per heavy atom. The number of benzene rings is 2. The number of nitrogens with zero attached hydrogens (tertiary/aromatic N) is 1. The number of sulfonamides is 1. The number of amides is 1. The second-order valence-corrected chi connectivity index (χ2v) is 8.63. The van der Waals surface area contributed by atoms with Gasteiger partial charge in [0.25, 0.3) is 5.91 Å². The Kier molecular flexibility index (Phi) is 7.45. The highest BCUT2D eigenvalue weighted by Gasteiger charge is 2.22. The molecule has 0 aliphatic heterocycles. The first-order valence-corrected chi connectivity index (χ1v) is 11.2. The highest BCUT2D eigenvalue weighted by atomic mass is 32.2. The molecule has 1 amide bonds. The van der Waals surface area contributed by atoms with Crippen LogP contribution in [0.15, 0.2) is 54.6 Å². The van der Waals surface area contributed by atoms with Gasteiger partial charge in [0, 0.05) is 7.05 Å². The molecule has 28 heavy (non-hydrogen) atoms. The Bertz CT molecular complexity index is 867. The molecule has 0 aliphatic carbocycles. The maximum absolute atomic E-state index is 12.7. The highest BCUT2D eigenvalue weighted by Crippen LogP contribution is 2.22. The Morgan fingerprint density at radius 2 is 1.64 bits per heavy atom. The quantitative estimate of drug-likeness (QED) is 0.694. The molecule has 2 aromatic rings. The fourth-order valence-corrected chi connectivity index (χ4v) is 3.29. The molecule has 0 aliphatic rings. The molecule has 0 bridgehead atoms. The van der Waals surface area contributed by atoms with Crippen LogP contribution in [0.3, 0.4) is 0 Å². The van der Waals surface area contributed by atoms with Crippen molar-refractivity contribution in [2.45, 2.75) is 38.8 Å². The molecule has 2 atom stereocenters. The van der Waals surface area contributed by atoms with Crippen LogP contribution in [0, 0.1) is 0 Å². The van der Waals surface area contributed by atoms with E-state index in [2.05, 4.69) is 5.32 Å². The Hall–Kier alpha value is -2.54. The monoisotopic (exact) mass is 404 g/mol. The number of carbonyl (C=O) groups is 1. The maximum Gasteiger partial charge on any atom is 0.261 e. The van der Waals surface area contributed by atoms with E-state index in [0.29, 0.717) is 17.9 Å². The van der Waals surface area contributed by atoms with Gasteiger partial charge in [-0.25, -0.2) is 8.42 Å². The van der Waals surface area contributed by atoms with Gasteiger partial charge in [0.15, 0.2) is 6.10 Å². The van der Waals surface area contributed by atoms with Crippen molar-refractivity contribution in [3.8, 4) is 5.75 Å². The van der Waals surface area contributed by atoms with Crippen molar-refractivity contribution < 1.29 is 17.9 Å². The number of ether oxygens (including phenoxy) is 1. The lowest BCUT2D eigenvalue weighted by molar-refractivity contribution is -0.128. The van der Waals surface area contributed by atoms with Gasteiger partial charge in [0.2, 0.25) is 10.0 Å². The molecule has 0 unspecified atom stereocenters. The molecule has 6 nitrogen and oxygen atoms in total. The standard InChI is InChI=1S/C21H28N2O4S/c1-5-19(16-10-8-7-9-11-16)22-21(24)20(6-2)27-18-14-12-17(13-15-18)23(3)28(4,25)26/h7-15,19-20H,5-6H2,1-4H3,(H,22,24)/t19-,20-/m0/s1. The second kappa shape index (κ2) is 9.59. The van der Waals surface area contributed by atoms with Crippen LogP contribution in [0.5, 0.6) is 5.75 Å². The summed E-state index contributed by atoms with van der Waals surface area (Å²) in [5.74, 6) is 0.343. The van der Waals surface area contributed by atoms with E-state index in [1.807, 2.05) is 44.2 Å². The molecular formula is C21H28N2O4S. The minimum Gasteiger partial charge on any atom is -0.481 e. The van der Waals surface area contributed by atoms with E-state index >= 15 is 0 Å². The Labute approximate surface area is 167 Å². The molecule has 0 heterocycles. The van der Waals surface area contributed by atoms with Crippen LogP contribution in [0.25, 0.3) is 0 Å². The summed E-state index contributed by atoms with van der Waals surface area (Å²) < 4.78 is 30.3. The average molecular weight is 405 g/mol. The number of hydrogen-bond donors (Lipinski definition) is 1. The molecule has 0 spiro atoms. The summed E-state index contributed by atoms with van der Waals surface area (Å²) in [5.41, 5.74) is 1.59. The summed E-state index contributed by atoms with van der Waals surface area (Å²) in [4.78, 5) is 12.7. The van der Waals surface area contributed by atoms with Crippen LogP contribution >= 0.6 is 0 Å². The lowest BCUT2D eigenvalue weighted by Gasteiger charge is -2.23. The van der Waals surface area contributed by atoms with E-state index in [-0.39, 0.29) is 11.9 Å². The number of hydrogen-bond acceptors (Lipinski definition) is 4. The molecule has 152 valence electrons. The third kappa shape index (κ3) is 5.73. The van der Waals surface area contributed by atoms with Crippen molar-refractivity contribution in [1.29, 1.82) is 0 Å². The van der Waals surface area contributed by atoms with Gasteiger partial charge in [-0.05, 0) is 42.7 Å². The third-order valence-electron chi connectivity index (χ3n) is 4.57. The van der Waals surface area contributed by atoms with Crippen molar-refractivity contribution in [3.05, 3.63) is 60.2 Å². The third-order valence-corrected chi connectivity index (χ3v) is 5.77. The molecule has 1 N–H and O–H groups in total. The zero-order chi connectivity index (χ0) is 20.7. The molecule has 0 saturated heterocycles. The fourth-order valence-electron chi connectivity index (χ4n) is 2.78. The van der Waals surface area contributed by atoms with Crippen LogP contribution < -0.4 is 14.4 Å². The SMILES string of the molecule is CC[C@H](Oc1ccc(N(C)S(C)(=O)=O)cc1)C(=O)N[C@@H](CC)c1ccccc1. The average Bonchev–Trinajstić information content (AvgIpc) is 2.69. The zero-order valence-electron chi connectivity index (χ0n) is 16.8. The van der Waals surface area contributed by atoms with Crippen molar-refractivity contribution >= 4 is 21.6 Å². The van der Waals surface area contributed by atoms with Crippen LogP contribution in [-0.2, 0) is 14.8 Å². The van der Waals surface area contributed by atoms with E-state index in [4.69, 9.17) is 4.74 Å². The van der Waals surface area contributed by atoms with Crippen molar-refractivity contribution in [1.82, 2.24) is 5.32 Å². The van der Waals surface area contributed by atoms with Crippen LogP contribution in [0.2, 0.25) is 0 Å². The number of anilines is 1. The highest BCUT2D eigenvalue weighted by molar-refractivity contribution is 7.92. The van der Waals surface area contributed by atoms with Gasteiger partial charge in [0.1, 0.15) is 5.75 Å². The summed E-state index contributed by atoms with van der Waals surface area (Å²) in [6, 6.07) is 16.4. The predicted molar refractivity (Wildman–Crippen MR) is 112 cm³/mol. The minimum absolute atomic E-state index is 0.0721. The number of carbonyl (C=O) groups excluding carboxylic acids is 1. The molecule has 0 aromatic heterocycles. The lowest BCUT2D eigenvalue weighted by atomic mass is 10.0. The van der Waals surface area contributed by atoms with Crippen molar-refractivity contribution in [2.75, 3.05) is 17.6 Å². The van der Waals surface area contributed by atoms with E-state index in [0.717, 1.165) is 18.2 Å². The topological polar surface area (TPSA) is 75.7 Å². The van der Waals surface area contributed by atoms with Gasteiger partial charge in [0.05, 0.1) is 18.0 Å². The van der Waals surface area contributed by atoms with Gasteiger partial charge in [-0.1, -0.05) is 44.2 Å². The molecule has 7 heteroatoms. The van der Waals surface area contributed by atoms with Gasteiger partial charge in [-0.2, -0.15) is 0 Å². The van der Waals surface area contributed by atoms with E-state index in [1.165, 1.54) is 11.4 Å². The van der Waals surface area contributed by atoms with Gasteiger partial charge < -0.3 is 10.1 Å². The number of nitrogens with one attached hydrogen (secondary N) is 1. The Morgan fingerprint density at radius 1 is 1.04 bits per heavy atom. The van der Waals surface area contributed by atoms with Gasteiger partial charge in [-0.15, -0.1) is 0 Å². The van der Waals surface area contributed by atoms with Crippen LogP contribution in [0.1, 0.15) is 38.3 Å². The first-order chi connectivity index (χ1) is 13.3. The fraction of sp³-hybridized carbons (Fsp3) is 0.381. The second-order valence-electron chi connectivity index (χ2n) is 6.62. The molecule has 0 radical (unpaired) electrons.